The number of ether oxygens (including phenoxy) is 1. The van der Waals surface area contributed by atoms with Crippen LogP contribution in [0.5, 0.6) is 0 Å². The number of nitrogens with one attached hydrogen (secondary N) is 1. The van der Waals surface area contributed by atoms with Crippen molar-refractivity contribution in [3.8, 4) is 0 Å². The van der Waals surface area contributed by atoms with Crippen molar-refractivity contribution in [2.75, 3.05) is 38.0 Å². The van der Waals surface area contributed by atoms with Crippen molar-refractivity contribution in [1.82, 2.24) is 0 Å². The van der Waals surface area contributed by atoms with Gasteiger partial charge in [0.15, 0.2) is 0 Å². The van der Waals surface area contributed by atoms with Crippen LogP contribution in [0.15, 0.2) is 18.2 Å². The molecule has 3 N–H and O–H groups in total. The quantitative estimate of drug-likeness (QED) is 0.859. The van der Waals surface area contributed by atoms with Crippen molar-refractivity contribution in [3.63, 3.8) is 0 Å². The second kappa shape index (κ2) is 10.1. The lowest BCUT2D eigenvalue weighted by Gasteiger charge is -2.20. The van der Waals surface area contributed by atoms with Gasteiger partial charge in [-0.3, -0.25) is 4.79 Å². The first-order valence-electron chi connectivity index (χ1n) is 5.50. The van der Waals surface area contributed by atoms with Crippen molar-refractivity contribution >= 4 is 53.7 Å². The molecule has 1 aromatic carbocycles. The van der Waals surface area contributed by atoms with Crippen molar-refractivity contribution < 1.29 is 9.53 Å². The molecule has 8 heteroatoms. The normalized spacial score (nSPS) is 10.8. The number of halogens is 3. The van der Waals surface area contributed by atoms with Gasteiger partial charge in [0.1, 0.15) is 6.10 Å². The highest BCUT2D eigenvalue weighted by Gasteiger charge is 2.17. The summed E-state index contributed by atoms with van der Waals surface area (Å²) in [5, 5.41) is 3.32. The Morgan fingerprint density at radius 2 is 2.05 bits per heavy atom. The van der Waals surface area contributed by atoms with E-state index in [1.54, 1.807) is 12.1 Å². The van der Waals surface area contributed by atoms with E-state index in [2.05, 4.69) is 5.32 Å². The van der Waals surface area contributed by atoms with Gasteiger partial charge in [-0.15, -0.1) is 24.8 Å². The number of amides is 1. The monoisotopic (exact) mass is 343 g/mol. The van der Waals surface area contributed by atoms with Gasteiger partial charge in [0.2, 0.25) is 0 Å². The Hall–Kier alpha value is -0.720. The van der Waals surface area contributed by atoms with Crippen LogP contribution in [0.3, 0.4) is 0 Å². The third-order valence-corrected chi connectivity index (χ3v) is 2.72. The molecule has 0 radical (unpaired) electrons. The highest BCUT2D eigenvalue weighted by molar-refractivity contribution is 6.31. The van der Waals surface area contributed by atoms with E-state index in [-0.39, 0.29) is 37.3 Å². The summed E-state index contributed by atoms with van der Waals surface area (Å²) in [6.45, 7) is 0.125. The Labute approximate surface area is 136 Å². The van der Waals surface area contributed by atoms with Crippen molar-refractivity contribution in [2.45, 2.75) is 6.10 Å². The molecular weight excluding hydrogens is 325 g/mol. The number of anilines is 2. The van der Waals surface area contributed by atoms with Crippen molar-refractivity contribution in [2.24, 2.45) is 5.73 Å². The predicted molar refractivity (Wildman–Crippen MR) is 88.8 cm³/mol. The SMILES string of the molecule is COC(CN)C(=O)Nc1cc(Cl)ccc1N(C)C.Cl.Cl. The van der Waals surface area contributed by atoms with Crippen LogP contribution in [0.4, 0.5) is 11.4 Å². The molecule has 0 saturated carbocycles. The minimum absolute atomic E-state index is 0. The van der Waals surface area contributed by atoms with Gasteiger partial charge < -0.3 is 20.7 Å². The van der Waals surface area contributed by atoms with Gasteiger partial charge >= 0.3 is 0 Å². The van der Waals surface area contributed by atoms with Crippen LogP contribution in [0.2, 0.25) is 5.02 Å². The van der Waals surface area contributed by atoms with Gasteiger partial charge in [-0.1, -0.05) is 11.6 Å². The number of benzene rings is 1. The van der Waals surface area contributed by atoms with Crippen LogP contribution in [-0.4, -0.2) is 39.8 Å². The first-order valence-corrected chi connectivity index (χ1v) is 5.88. The van der Waals surface area contributed by atoms with Gasteiger partial charge in [0.25, 0.3) is 5.91 Å². The molecule has 1 aromatic rings. The third-order valence-electron chi connectivity index (χ3n) is 2.49. The fraction of sp³-hybridized carbons (Fsp3) is 0.417. The van der Waals surface area contributed by atoms with Crippen LogP contribution in [-0.2, 0) is 9.53 Å². The number of nitrogens with zero attached hydrogens (tertiary/aromatic N) is 1. The van der Waals surface area contributed by atoms with Gasteiger partial charge in [-0.05, 0) is 18.2 Å². The van der Waals surface area contributed by atoms with E-state index >= 15 is 0 Å². The number of hydrogen-bond donors (Lipinski definition) is 2. The second-order valence-corrected chi connectivity index (χ2v) is 4.44. The maximum Gasteiger partial charge on any atom is 0.254 e. The summed E-state index contributed by atoms with van der Waals surface area (Å²) in [6, 6.07) is 5.30. The summed E-state index contributed by atoms with van der Waals surface area (Å²) in [5.74, 6) is -0.287. The average Bonchev–Trinajstić information content (AvgIpc) is 2.30. The van der Waals surface area contributed by atoms with Crippen LogP contribution in [0.1, 0.15) is 0 Å². The van der Waals surface area contributed by atoms with Gasteiger partial charge in [0, 0.05) is 32.8 Å². The lowest BCUT2D eigenvalue weighted by atomic mass is 10.2. The molecule has 0 aliphatic carbocycles. The fourth-order valence-corrected chi connectivity index (χ4v) is 1.69. The molecule has 0 aliphatic heterocycles. The molecule has 20 heavy (non-hydrogen) atoms. The van der Waals surface area contributed by atoms with E-state index in [1.807, 2.05) is 25.1 Å². The average molecular weight is 345 g/mol. The minimum atomic E-state index is -0.668. The van der Waals surface area contributed by atoms with E-state index in [0.717, 1.165) is 5.69 Å². The third kappa shape index (κ3) is 5.73. The largest absolute Gasteiger partial charge is 0.376 e. The Kier molecular flexibility index (Phi) is 10.9. The molecule has 0 heterocycles. The van der Waals surface area contributed by atoms with E-state index in [0.29, 0.717) is 10.7 Å². The molecule has 0 spiro atoms. The molecule has 116 valence electrons. The maximum absolute atomic E-state index is 11.9. The van der Waals surface area contributed by atoms with Crippen molar-refractivity contribution in [1.29, 1.82) is 0 Å². The molecule has 5 nitrogen and oxygen atoms in total. The number of methoxy groups -OCH3 is 1. The zero-order valence-corrected chi connectivity index (χ0v) is 13.9. The standard InChI is InChI=1S/C12H18ClN3O2.2ClH/c1-16(2)10-5-4-8(13)6-9(10)15-12(17)11(7-14)18-3;;/h4-6,11H,7,14H2,1-3H3,(H,15,17);2*1H. The molecular formula is C12H20Cl3N3O2. The van der Waals surface area contributed by atoms with Crippen LogP contribution >= 0.6 is 36.4 Å². The van der Waals surface area contributed by atoms with Crippen molar-refractivity contribution in [3.05, 3.63) is 23.2 Å². The highest BCUT2D eigenvalue weighted by atomic mass is 35.5. The Morgan fingerprint density at radius 3 is 2.50 bits per heavy atom. The molecule has 1 atom stereocenters. The first-order chi connectivity index (χ1) is 8.49. The smallest absolute Gasteiger partial charge is 0.254 e. The summed E-state index contributed by atoms with van der Waals surface area (Å²) >= 11 is 5.93. The Balaban J connectivity index is 0. The number of rotatable bonds is 5. The molecule has 1 unspecified atom stereocenters. The fourth-order valence-electron chi connectivity index (χ4n) is 1.52. The first kappa shape index (κ1) is 21.6. The number of hydrogen-bond acceptors (Lipinski definition) is 4. The summed E-state index contributed by atoms with van der Waals surface area (Å²) in [7, 11) is 5.22. The number of carbonyl (C=O) groups is 1. The maximum atomic E-state index is 11.9. The molecule has 0 saturated heterocycles. The molecule has 0 bridgehead atoms. The zero-order chi connectivity index (χ0) is 13.7. The van der Waals surface area contributed by atoms with Gasteiger partial charge in [-0.25, -0.2) is 0 Å². The summed E-state index contributed by atoms with van der Waals surface area (Å²) < 4.78 is 4.98. The second-order valence-electron chi connectivity index (χ2n) is 4.01. The van der Waals surface area contributed by atoms with Gasteiger partial charge in [0.05, 0.1) is 11.4 Å². The number of nitrogens with two attached hydrogens (primary N) is 1. The lowest BCUT2D eigenvalue weighted by molar-refractivity contribution is -0.125. The Morgan fingerprint density at radius 1 is 1.45 bits per heavy atom. The van der Waals surface area contributed by atoms with E-state index in [1.165, 1.54) is 7.11 Å². The molecule has 0 fully saturated rings. The molecule has 0 aromatic heterocycles. The minimum Gasteiger partial charge on any atom is -0.376 e. The summed E-state index contributed by atoms with van der Waals surface area (Å²) in [6.07, 6.45) is -0.668. The Bertz CT molecular complexity index is 426. The predicted octanol–water partition coefficient (Wildman–Crippen LogP) is 2.16. The molecule has 1 amide bonds. The van der Waals surface area contributed by atoms with Crippen LogP contribution in [0.25, 0.3) is 0 Å². The molecule has 1 rings (SSSR count). The highest BCUT2D eigenvalue weighted by Crippen LogP contribution is 2.27. The molecule has 0 aliphatic rings. The van der Waals surface area contributed by atoms with Crippen LogP contribution < -0.4 is 16.0 Å². The van der Waals surface area contributed by atoms with E-state index < -0.39 is 6.10 Å². The lowest BCUT2D eigenvalue weighted by Crippen LogP contribution is -2.36. The van der Waals surface area contributed by atoms with Gasteiger partial charge in [-0.2, -0.15) is 0 Å². The van der Waals surface area contributed by atoms with E-state index in [4.69, 9.17) is 22.1 Å². The topological polar surface area (TPSA) is 67.6 Å². The zero-order valence-electron chi connectivity index (χ0n) is 11.6. The number of carbonyl (C=O) groups excluding carboxylic acids is 1. The van der Waals surface area contributed by atoms with E-state index in [9.17, 15) is 4.79 Å². The summed E-state index contributed by atoms with van der Waals surface area (Å²) in [4.78, 5) is 13.8. The summed E-state index contributed by atoms with van der Waals surface area (Å²) in [5.41, 5.74) is 6.94. The van der Waals surface area contributed by atoms with Crippen LogP contribution in [0, 0.1) is 0 Å².